The van der Waals surface area contributed by atoms with Crippen LogP contribution in [-0.2, 0) is 11.3 Å². The van der Waals surface area contributed by atoms with Crippen molar-refractivity contribution in [3.05, 3.63) is 24.0 Å². The van der Waals surface area contributed by atoms with E-state index in [9.17, 15) is 0 Å². The quantitative estimate of drug-likeness (QED) is 0.921. The molecule has 1 saturated heterocycles. The molecule has 20 heavy (non-hydrogen) atoms. The van der Waals surface area contributed by atoms with Crippen molar-refractivity contribution in [2.45, 2.75) is 58.8 Å². The molecule has 2 heterocycles. The molecule has 2 rings (SSSR count). The van der Waals surface area contributed by atoms with Crippen LogP contribution in [0.15, 0.2) is 18.5 Å². The molecular formula is C16H27N3O. The third-order valence-electron chi connectivity index (χ3n) is 3.61. The first-order valence-corrected chi connectivity index (χ1v) is 7.43. The maximum absolute atomic E-state index is 5.72. The largest absolute Gasteiger partial charge is 0.375 e. The fourth-order valence-electron chi connectivity index (χ4n) is 2.42. The van der Waals surface area contributed by atoms with Gasteiger partial charge in [0.25, 0.3) is 0 Å². The lowest BCUT2D eigenvalue weighted by molar-refractivity contribution is 0.0343. The van der Waals surface area contributed by atoms with Gasteiger partial charge in [0.15, 0.2) is 0 Å². The number of nitrogens with one attached hydrogen (secondary N) is 1. The van der Waals surface area contributed by atoms with Gasteiger partial charge in [-0.25, -0.2) is 0 Å². The highest BCUT2D eigenvalue weighted by Gasteiger charge is 2.25. The SMILES string of the molecule is CC1CN(c2cnccc2CNC(C)(C)C)C(C)CO1. The molecule has 0 radical (unpaired) electrons. The highest BCUT2D eigenvalue weighted by atomic mass is 16.5. The summed E-state index contributed by atoms with van der Waals surface area (Å²) in [5, 5.41) is 3.56. The number of hydrogen-bond donors (Lipinski definition) is 1. The van der Waals surface area contributed by atoms with Gasteiger partial charge in [-0.15, -0.1) is 0 Å². The third-order valence-corrected chi connectivity index (χ3v) is 3.61. The van der Waals surface area contributed by atoms with Crippen LogP contribution in [0.4, 0.5) is 5.69 Å². The highest BCUT2D eigenvalue weighted by Crippen LogP contribution is 2.25. The lowest BCUT2D eigenvalue weighted by atomic mass is 10.1. The zero-order valence-electron chi connectivity index (χ0n) is 13.3. The van der Waals surface area contributed by atoms with Crippen LogP contribution in [0.5, 0.6) is 0 Å². The molecule has 112 valence electrons. The molecule has 1 fully saturated rings. The van der Waals surface area contributed by atoms with Crippen molar-refractivity contribution in [2.24, 2.45) is 0 Å². The Bertz CT molecular complexity index is 442. The average Bonchev–Trinajstić information content (AvgIpc) is 2.39. The van der Waals surface area contributed by atoms with Crippen LogP contribution in [0.3, 0.4) is 0 Å². The van der Waals surface area contributed by atoms with Crippen LogP contribution in [0.2, 0.25) is 0 Å². The van der Waals surface area contributed by atoms with Gasteiger partial charge in [-0.2, -0.15) is 0 Å². The Morgan fingerprint density at radius 1 is 1.40 bits per heavy atom. The molecule has 1 N–H and O–H groups in total. The normalized spacial score (nSPS) is 23.9. The molecule has 2 atom stereocenters. The summed E-state index contributed by atoms with van der Waals surface area (Å²) in [6, 6.07) is 2.50. The van der Waals surface area contributed by atoms with E-state index >= 15 is 0 Å². The van der Waals surface area contributed by atoms with Crippen molar-refractivity contribution >= 4 is 5.69 Å². The summed E-state index contributed by atoms with van der Waals surface area (Å²) in [4.78, 5) is 6.73. The molecule has 1 aliphatic rings. The van der Waals surface area contributed by atoms with Gasteiger partial charge in [0.1, 0.15) is 0 Å². The zero-order valence-corrected chi connectivity index (χ0v) is 13.3. The van der Waals surface area contributed by atoms with Crippen LogP contribution in [0.25, 0.3) is 0 Å². The Labute approximate surface area is 122 Å². The Hall–Kier alpha value is -1.13. The summed E-state index contributed by atoms with van der Waals surface area (Å²) >= 11 is 0. The van der Waals surface area contributed by atoms with Gasteiger partial charge in [0.05, 0.1) is 24.6 Å². The van der Waals surface area contributed by atoms with E-state index < -0.39 is 0 Å². The number of hydrogen-bond acceptors (Lipinski definition) is 4. The first-order chi connectivity index (χ1) is 9.37. The zero-order chi connectivity index (χ0) is 14.8. The van der Waals surface area contributed by atoms with E-state index in [2.05, 4.69) is 55.9 Å². The van der Waals surface area contributed by atoms with E-state index in [4.69, 9.17) is 4.74 Å². The van der Waals surface area contributed by atoms with Crippen LogP contribution >= 0.6 is 0 Å². The summed E-state index contributed by atoms with van der Waals surface area (Å²) in [6.07, 6.45) is 4.13. The molecule has 4 heteroatoms. The summed E-state index contributed by atoms with van der Waals surface area (Å²) in [5.74, 6) is 0. The maximum atomic E-state index is 5.72. The molecule has 0 aliphatic carbocycles. The molecule has 0 saturated carbocycles. The van der Waals surface area contributed by atoms with Gasteiger partial charge in [-0.05, 0) is 46.2 Å². The van der Waals surface area contributed by atoms with E-state index in [0.29, 0.717) is 6.04 Å². The molecular weight excluding hydrogens is 250 g/mol. The molecule has 1 aromatic rings. The second-order valence-electron chi connectivity index (χ2n) is 6.75. The van der Waals surface area contributed by atoms with Crippen molar-refractivity contribution in [1.29, 1.82) is 0 Å². The van der Waals surface area contributed by atoms with E-state index in [1.807, 2.05) is 12.4 Å². The fraction of sp³-hybridized carbons (Fsp3) is 0.688. The van der Waals surface area contributed by atoms with Gasteiger partial charge < -0.3 is 15.0 Å². The number of anilines is 1. The highest BCUT2D eigenvalue weighted by molar-refractivity contribution is 5.53. The summed E-state index contributed by atoms with van der Waals surface area (Å²) in [7, 11) is 0. The maximum Gasteiger partial charge on any atom is 0.0723 e. The lowest BCUT2D eigenvalue weighted by Gasteiger charge is -2.39. The molecule has 1 aliphatic heterocycles. The number of pyridine rings is 1. The fourth-order valence-corrected chi connectivity index (χ4v) is 2.42. The minimum absolute atomic E-state index is 0.116. The summed E-state index contributed by atoms with van der Waals surface area (Å²) in [6.45, 7) is 13.5. The number of rotatable bonds is 3. The molecule has 4 nitrogen and oxygen atoms in total. The Balaban J connectivity index is 2.18. The number of ether oxygens (including phenoxy) is 1. The first-order valence-electron chi connectivity index (χ1n) is 7.43. The third kappa shape index (κ3) is 3.93. The van der Waals surface area contributed by atoms with Gasteiger partial charge in [0, 0.05) is 30.9 Å². The van der Waals surface area contributed by atoms with Gasteiger partial charge in [-0.3, -0.25) is 4.98 Å². The van der Waals surface area contributed by atoms with Crippen molar-refractivity contribution in [3.8, 4) is 0 Å². The van der Waals surface area contributed by atoms with E-state index in [1.54, 1.807) is 0 Å². The smallest absolute Gasteiger partial charge is 0.0723 e. The number of nitrogens with zero attached hydrogens (tertiary/aromatic N) is 2. The van der Waals surface area contributed by atoms with E-state index in [0.717, 1.165) is 19.7 Å². The van der Waals surface area contributed by atoms with Gasteiger partial charge >= 0.3 is 0 Å². The Morgan fingerprint density at radius 3 is 2.85 bits per heavy atom. The van der Waals surface area contributed by atoms with Crippen LogP contribution in [0, 0.1) is 0 Å². The number of aromatic nitrogens is 1. The predicted molar refractivity (Wildman–Crippen MR) is 83.1 cm³/mol. The first kappa shape index (κ1) is 15.3. The summed E-state index contributed by atoms with van der Waals surface area (Å²) < 4.78 is 5.72. The van der Waals surface area contributed by atoms with Crippen LogP contribution < -0.4 is 10.2 Å². The van der Waals surface area contributed by atoms with Gasteiger partial charge in [-0.1, -0.05) is 0 Å². The van der Waals surface area contributed by atoms with Crippen LogP contribution in [0.1, 0.15) is 40.2 Å². The van der Waals surface area contributed by atoms with Gasteiger partial charge in [0.2, 0.25) is 0 Å². The average molecular weight is 277 g/mol. The Kier molecular flexibility index (Phi) is 4.66. The van der Waals surface area contributed by atoms with Crippen molar-refractivity contribution < 1.29 is 4.74 Å². The topological polar surface area (TPSA) is 37.4 Å². The van der Waals surface area contributed by atoms with E-state index in [1.165, 1.54) is 11.3 Å². The molecule has 0 bridgehead atoms. The summed E-state index contributed by atoms with van der Waals surface area (Å²) in [5.41, 5.74) is 2.65. The molecule has 0 aromatic carbocycles. The predicted octanol–water partition coefficient (Wildman–Crippen LogP) is 2.58. The molecule has 0 spiro atoms. The standard InChI is InChI=1S/C16H27N3O/c1-12-11-20-13(2)10-19(12)15-9-17-7-6-14(15)8-18-16(3,4)5/h6-7,9,12-13,18H,8,10-11H2,1-5H3. The van der Waals surface area contributed by atoms with E-state index in [-0.39, 0.29) is 11.6 Å². The molecule has 0 amide bonds. The van der Waals surface area contributed by atoms with Crippen LogP contribution in [-0.4, -0.2) is 35.8 Å². The minimum Gasteiger partial charge on any atom is -0.375 e. The monoisotopic (exact) mass is 277 g/mol. The van der Waals surface area contributed by atoms with Crippen molar-refractivity contribution in [3.63, 3.8) is 0 Å². The molecule has 1 aromatic heterocycles. The molecule has 2 unspecified atom stereocenters. The minimum atomic E-state index is 0.116. The second-order valence-corrected chi connectivity index (χ2v) is 6.75. The second kappa shape index (κ2) is 6.10. The number of morpholine rings is 1. The Morgan fingerprint density at radius 2 is 2.15 bits per heavy atom. The lowest BCUT2D eigenvalue weighted by Crippen LogP contribution is -2.48. The van der Waals surface area contributed by atoms with Crippen molar-refractivity contribution in [1.82, 2.24) is 10.3 Å². The van der Waals surface area contributed by atoms with Crippen molar-refractivity contribution in [2.75, 3.05) is 18.1 Å².